The molecule has 0 aliphatic rings. The second kappa shape index (κ2) is 11.8. The number of unbranched alkanes of at least 4 members (excludes halogenated alkanes) is 3. The van der Waals surface area contributed by atoms with Gasteiger partial charge < -0.3 is 5.11 Å². The predicted molar refractivity (Wildman–Crippen MR) is 115 cm³/mol. The minimum absolute atomic E-state index is 0.0866. The Balaban J connectivity index is 2.77. The summed E-state index contributed by atoms with van der Waals surface area (Å²) in [4.78, 5) is 0. The molecule has 0 bridgehead atoms. The Morgan fingerprint density at radius 1 is 1.07 bits per heavy atom. The summed E-state index contributed by atoms with van der Waals surface area (Å²) in [5, 5.41) is 20.1. The quantitative estimate of drug-likeness (QED) is 0.370. The van der Waals surface area contributed by atoms with Crippen molar-refractivity contribution >= 4 is 0 Å². The lowest BCUT2D eigenvalue weighted by Crippen LogP contribution is -2.49. The van der Waals surface area contributed by atoms with Crippen LogP contribution in [0.3, 0.4) is 0 Å². The monoisotopic (exact) mass is 379 g/mol. The molecule has 4 nitrogen and oxygen atoms in total. The van der Waals surface area contributed by atoms with Crippen molar-refractivity contribution in [3.05, 3.63) is 11.9 Å². The van der Waals surface area contributed by atoms with Crippen LogP contribution in [0.5, 0.6) is 0 Å². The zero-order valence-electron chi connectivity index (χ0n) is 18.9. The Morgan fingerprint density at radius 2 is 1.81 bits per heavy atom. The van der Waals surface area contributed by atoms with Gasteiger partial charge in [-0.1, -0.05) is 85.3 Å². The van der Waals surface area contributed by atoms with Crippen molar-refractivity contribution in [2.45, 2.75) is 124 Å². The zero-order chi connectivity index (χ0) is 20.3. The summed E-state index contributed by atoms with van der Waals surface area (Å²) in [7, 11) is 0. The number of aromatic nitrogens is 3. The maximum atomic E-state index is 11.6. The lowest BCUT2D eigenvalue weighted by molar-refractivity contribution is -0.102. The fourth-order valence-corrected chi connectivity index (χ4v) is 4.09. The van der Waals surface area contributed by atoms with Gasteiger partial charge in [-0.05, 0) is 43.4 Å². The van der Waals surface area contributed by atoms with E-state index in [9.17, 15) is 5.11 Å². The van der Waals surface area contributed by atoms with Crippen molar-refractivity contribution in [2.75, 3.05) is 0 Å². The molecule has 0 saturated carbocycles. The molecule has 1 N–H and O–H groups in total. The standard InChI is InChI=1S/C23H45N3O/c1-7-11-14-17-22(6,9-3)23(27,10-4)19-26-21(18-24-25-26)16-13-12-15-20(5)8-2/h18,20,27H,7-17,19H2,1-6H3/t20?,22?,23-/m1/s1. The number of aliphatic hydroxyl groups is 1. The van der Waals surface area contributed by atoms with E-state index in [4.69, 9.17) is 0 Å². The van der Waals surface area contributed by atoms with Crippen molar-refractivity contribution in [3.63, 3.8) is 0 Å². The third kappa shape index (κ3) is 6.89. The van der Waals surface area contributed by atoms with Crippen LogP contribution in [0.15, 0.2) is 6.20 Å². The number of hydrogen-bond donors (Lipinski definition) is 1. The van der Waals surface area contributed by atoms with Gasteiger partial charge in [0.15, 0.2) is 0 Å². The highest BCUT2D eigenvalue weighted by Crippen LogP contribution is 2.43. The Kier molecular flexibility index (Phi) is 10.6. The van der Waals surface area contributed by atoms with E-state index in [1.165, 1.54) is 44.9 Å². The van der Waals surface area contributed by atoms with Crippen LogP contribution in [0.4, 0.5) is 0 Å². The highest BCUT2D eigenvalue weighted by Gasteiger charge is 2.44. The van der Waals surface area contributed by atoms with Gasteiger partial charge in [0.05, 0.1) is 24.0 Å². The summed E-state index contributed by atoms with van der Waals surface area (Å²) in [6, 6.07) is 0. The van der Waals surface area contributed by atoms with Gasteiger partial charge in [-0.25, -0.2) is 4.68 Å². The third-order valence-electron chi connectivity index (χ3n) is 7.01. The highest BCUT2D eigenvalue weighted by atomic mass is 16.3. The van der Waals surface area contributed by atoms with E-state index in [0.29, 0.717) is 6.54 Å². The molecule has 0 spiro atoms. The van der Waals surface area contributed by atoms with E-state index in [0.717, 1.165) is 37.3 Å². The van der Waals surface area contributed by atoms with Gasteiger partial charge in [-0.15, -0.1) is 5.10 Å². The molecule has 0 aromatic carbocycles. The fourth-order valence-electron chi connectivity index (χ4n) is 4.09. The molecule has 27 heavy (non-hydrogen) atoms. The predicted octanol–water partition coefficient (Wildman–Crippen LogP) is 6.17. The first-order valence-electron chi connectivity index (χ1n) is 11.5. The van der Waals surface area contributed by atoms with Crippen LogP contribution in [-0.4, -0.2) is 25.7 Å². The summed E-state index contributed by atoms with van der Waals surface area (Å²) >= 11 is 0. The normalized spacial score (nSPS) is 17.4. The second-order valence-electron chi connectivity index (χ2n) is 8.90. The fraction of sp³-hybridized carbons (Fsp3) is 0.913. The average molecular weight is 380 g/mol. The largest absolute Gasteiger partial charge is 0.387 e. The van der Waals surface area contributed by atoms with Crippen molar-refractivity contribution < 1.29 is 5.11 Å². The van der Waals surface area contributed by atoms with Gasteiger partial charge in [0.1, 0.15) is 0 Å². The van der Waals surface area contributed by atoms with E-state index in [-0.39, 0.29) is 5.41 Å². The van der Waals surface area contributed by atoms with Crippen LogP contribution in [0.1, 0.15) is 111 Å². The van der Waals surface area contributed by atoms with Crippen LogP contribution in [0.2, 0.25) is 0 Å². The Labute approximate surface area is 168 Å². The van der Waals surface area contributed by atoms with E-state index in [1.807, 2.05) is 10.9 Å². The van der Waals surface area contributed by atoms with Crippen molar-refractivity contribution in [1.82, 2.24) is 15.0 Å². The van der Waals surface area contributed by atoms with E-state index in [1.54, 1.807) is 0 Å². The molecular weight excluding hydrogens is 334 g/mol. The average Bonchev–Trinajstić information content (AvgIpc) is 3.11. The SMILES string of the molecule is CCCCCC(C)(CC)[C@@](O)(CC)Cn1nncc1CCCCC(C)CC. The van der Waals surface area contributed by atoms with E-state index < -0.39 is 5.60 Å². The molecule has 0 fully saturated rings. The minimum atomic E-state index is -0.741. The van der Waals surface area contributed by atoms with Gasteiger partial charge in [-0.3, -0.25) is 0 Å². The Morgan fingerprint density at radius 3 is 2.41 bits per heavy atom. The van der Waals surface area contributed by atoms with Crippen LogP contribution < -0.4 is 0 Å². The zero-order valence-corrected chi connectivity index (χ0v) is 18.9. The molecule has 3 atom stereocenters. The van der Waals surface area contributed by atoms with Gasteiger partial charge in [0.25, 0.3) is 0 Å². The van der Waals surface area contributed by atoms with Crippen molar-refractivity contribution in [1.29, 1.82) is 0 Å². The topological polar surface area (TPSA) is 50.9 Å². The summed E-state index contributed by atoms with van der Waals surface area (Å²) in [5.74, 6) is 0.812. The van der Waals surface area contributed by atoms with E-state index >= 15 is 0 Å². The van der Waals surface area contributed by atoms with E-state index in [2.05, 4.69) is 51.9 Å². The van der Waals surface area contributed by atoms with Gasteiger partial charge >= 0.3 is 0 Å². The smallest absolute Gasteiger partial charge is 0.0893 e. The Bertz CT molecular complexity index is 515. The molecule has 0 radical (unpaired) electrons. The maximum Gasteiger partial charge on any atom is 0.0893 e. The third-order valence-corrected chi connectivity index (χ3v) is 7.01. The number of nitrogens with zero attached hydrogens (tertiary/aromatic N) is 3. The second-order valence-corrected chi connectivity index (χ2v) is 8.90. The molecule has 1 heterocycles. The molecule has 1 aromatic rings. The molecule has 0 amide bonds. The summed E-state index contributed by atoms with van der Waals surface area (Å²) in [5.41, 5.74) is 0.337. The van der Waals surface area contributed by atoms with Gasteiger partial charge in [-0.2, -0.15) is 0 Å². The summed E-state index contributed by atoms with van der Waals surface area (Å²) in [6.07, 6.45) is 14.3. The first kappa shape index (κ1) is 24.1. The molecule has 0 aliphatic heterocycles. The molecule has 2 unspecified atom stereocenters. The molecule has 1 rings (SSSR count). The lowest BCUT2D eigenvalue weighted by Gasteiger charge is -2.45. The molecule has 4 heteroatoms. The number of aryl methyl sites for hydroxylation is 1. The molecule has 0 saturated heterocycles. The Hall–Kier alpha value is -0.900. The molecule has 158 valence electrons. The molecule has 0 aliphatic carbocycles. The molecule has 1 aromatic heterocycles. The van der Waals surface area contributed by atoms with Gasteiger partial charge in [0, 0.05) is 0 Å². The first-order valence-corrected chi connectivity index (χ1v) is 11.5. The van der Waals surface area contributed by atoms with Crippen LogP contribution >= 0.6 is 0 Å². The summed E-state index contributed by atoms with van der Waals surface area (Å²) < 4.78 is 1.97. The molecular formula is C23H45N3O. The van der Waals surface area contributed by atoms with Crippen LogP contribution in [-0.2, 0) is 13.0 Å². The van der Waals surface area contributed by atoms with Crippen LogP contribution in [0, 0.1) is 11.3 Å². The first-order chi connectivity index (χ1) is 12.9. The van der Waals surface area contributed by atoms with Crippen LogP contribution in [0.25, 0.3) is 0 Å². The highest BCUT2D eigenvalue weighted by molar-refractivity contribution is 5.00. The lowest BCUT2D eigenvalue weighted by atomic mass is 9.67. The maximum absolute atomic E-state index is 11.6. The number of hydrogen-bond acceptors (Lipinski definition) is 3. The van der Waals surface area contributed by atoms with Gasteiger partial charge in [0.2, 0.25) is 0 Å². The minimum Gasteiger partial charge on any atom is -0.387 e. The number of rotatable bonds is 15. The summed E-state index contributed by atoms with van der Waals surface area (Å²) in [6.45, 7) is 14.0. The van der Waals surface area contributed by atoms with Crippen molar-refractivity contribution in [2.24, 2.45) is 11.3 Å². The van der Waals surface area contributed by atoms with Crippen molar-refractivity contribution in [3.8, 4) is 0 Å².